The van der Waals surface area contributed by atoms with Gasteiger partial charge < -0.3 is 5.11 Å². The Labute approximate surface area is 105 Å². The molecule has 1 aliphatic rings. The van der Waals surface area contributed by atoms with Gasteiger partial charge in [-0.05, 0) is 55.9 Å². The van der Waals surface area contributed by atoms with E-state index in [9.17, 15) is 5.11 Å². The molecule has 0 amide bonds. The molecule has 3 atom stereocenters. The second kappa shape index (κ2) is 6.20. The van der Waals surface area contributed by atoms with Gasteiger partial charge in [0.2, 0.25) is 0 Å². The van der Waals surface area contributed by atoms with Crippen LogP contribution >= 0.6 is 0 Å². The minimum absolute atomic E-state index is 0.0398. The van der Waals surface area contributed by atoms with E-state index in [1.165, 1.54) is 31.2 Å². The molecule has 0 aliphatic heterocycles. The van der Waals surface area contributed by atoms with Gasteiger partial charge in [-0.2, -0.15) is 0 Å². The van der Waals surface area contributed by atoms with Crippen molar-refractivity contribution in [1.82, 2.24) is 0 Å². The van der Waals surface area contributed by atoms with Crippen LogP contribution in [-0.2, 0) is 6.42 Å². The number of rotatable bonds is 4. The Morgan fingerprint density at radius 3 is 2.71 bits per heavy atom. The Kier molecular flexibility index (Phi) is 4.61. The molecule has 94 valence electrons. The quantitative estimate of drug-likeness (QED) is 0.837. The molecule has 1 heteroatoms. The highest BCUT2D eigenvalue weighted by Gasteiger charge is 2.26. The van der Waals surface area contributed by atoms with E-state index in [0.717, 1.165) is 18.8 Å². The lowest BCUT2D eigenvalue weighted by Gasteiger charge is -2.31. The molecule has 1 saturated carbocycles. The van der Waals surface area contributed by atoms with Crippen LogP contribution in [0.1, 0.15) is 44.6 Å². The fraction of sp³-hybridized carbons (Fsp3) is 0.625. The third-order valence-electron chi connectivity index (χ3n) is 4.09. The average molecular weight is 232 g/mol. The van der Waals surface area contributed by atoms with Crippen LogP contribution in [0.15, 0.2) is 30.3 Å². The molecule has 0 radical (unpaired) electrons. The van der Waals surface area contributed by atoms with Crippen LogP contribution in [0.3, 0.4) is 0 Å². The fourth-order valence-electron chi connectivity index (χ4n) is 3.01. The molecule has 1 N–H and O–H groups in total. The van der Waals surface area contributed by atoms with Crippen molar-refractivity contribution in [3.8, 4) is 0 Å². The molecule has 0 saturated heterocycles. The predicted octanol–water partition coefficient (Wildman–Crippen LogP) is 3.81. The highest BCUT2D eigenvalue weighted by Crippen LogP contribution is 2.32. The Morgan fingerprint density at radius 1 is 1.18 bits per heavy atom. The first-order chi connectivity index (χ1) is 8.25. The lowest BCUT2D eigenvalue weighted by atomic mass is 9.78. The Hall–Kier alpha value is -0.820. The standard InChI is InChI=1S/C16H24O/c1-13-10-11-16(17)15(12-13)9-5-8-14-6-3-2-4-7-14/h2-4,6-7,13,15-17H,5,8-12H2,1H3. The maximum atomic E-state index is 9.98. The smallest absolute Gasteiger partial charge is 0.0568 e. The highest BCUT2D eigenvalue weighted by molar-refractivity contribution is 5.14. The summed E-state index contributed by atoms with van der Waals surface area (Å²) in [6, 6.07) is 10.7. The zero-order chi connectivity index (χ0) is 12.1. The van der Waals surface area contributed by atoms with Crippen molar-refractivity contribution in [2.75, 3.05) is 0 Å². The molecule has 0 heterocycles. The summed E-state index contributed by atoms with van der Waals surface area (Å²) in [5.41, 5.74) is 1.42. The zero-order valence-electron chi connectivity index (χ0n) is 10.8. The molecule has 1 aliphatic carbocycles. The molecule has 1 aromatic carbocycles. The third kappa shape index (κ3) is 3.85. The van der Waals surface area contributed by atoms with Crippen LogP contribution in [0, 0.1) is 11.8 Å². The minimum atomic E-state index is -0.0398. The van der Waals surface area contributed by atoms with E-state index in [2.05, 4.69) is 37.3 Å². The van der Waals surface area contributed by atoms with Gasteiger partial charge in [0.1, 0.15) is 0 Å². The molecule has 3 unspecified atom stereocenters. The van der Waals surface area contributed by atoms with Gasteiger partial charge in [0.05, 0.1) is 6.10 Å². The molecule has 0 aromatic heterocycles. The summed E-state index contributed by atoms with van der Waals surface area (Å²) in [7, 11) is 0. The fourth-order valence-corrected chi connectivity index (χ4v) is 3.01. The number of benzene rings is 1. The minimum Gasteiger partial charge on any atom is -0.393 e. The summed E-state index contributed by atoms with van der Waals surface area (Å²) in [6.07, 6.45) is 6.93. The van der Waals surface area contributed by atoms with Crippen molar-refractivity contribution < 1.29 is 5.11 Å². The van der Waals surface area contributed by atoms with E-state index >= 15 is 0 Å². The van der Waals surface area contributed by atoms with Crippen molar-refractivity contribution >= 4 is 0 Å². The Balaban J connectivity index is 1.74. The van der Waals surface area contributed by atoms with Crippen LogP contribution in [0.4, 0.5) is 0 Å². The van der Waals surface area contributed by atoms with Gasteiger partial charge in [-0.25, -0.2) is 0 Å². The molecule has 1 nitrogen and oxygen atoms in total. The summed E-state index contributed by atoms with van der Waals surface area (Å²) < 4.78 is 0. The molecular formula is C16H24O. The number of hydrogen-bond donors (Lipinski definition) is 1. The first-order valence-corrected chi connectivity index (χ1v) is 6.97. The second-order valence-electron chi connectivity index (χ2n) is 5.62. The second-order valence-corrected chi connectivity index (χ2v) is 5.62. The van der Waals surface area contributed by atoms with Gasteiger partial charge >= 0.3 is 0 Å². The van der Waals surface area contributed by atoms with Gasteiger partial charge in [-0.15, -0.1) is 0 Å². The summed E-state index contributed by atoms with van der Waals surface area (Å²) >= 11 is 0. The van der Waals surface area contributed by atoms with Gasteiger partial charge in [0.25, 0.3) is 0 Å². The van der Waals surface area contributed by atoms with Crippen molar-refractivity contribution in [1.29, 1.82) is 0 Å². The number of hydrogen-bond acceptors (Lipinski definition) is 1. The van der Waals surface area contributed by atoms with Crippen LogP contribution in [0.5, 0.6) is 0 Å². The van der Waals surface area contributed by atoms with Crippen molar-refractivity contribution in [3.63, 3.8) is 0 Å². The molecule has 1 fully saturated rings. The first-order valence-electron chi connectivity index (χ1n) is 6.97. The van der Waals surface area contributed by atoms with Gasteiger partial charge in [-0.3, -0.25) is 0 Å². The monoisotopic (exact) mass is 232 g/mol. The van der Waals surface area contributed by atoms with Crippen LogP contribution in [-0.4, -0.2) is 11.2 Å². The molecule has 1 aromatic rings. The zero-order valence-corrected chi connectivity index (χ0v) is 10.8. The van der Waals surface area contributed by atoms with Crippen molar-refractivity contribution in [2.24, 2.45) is 11.8 Å². The molecule has 2 rings (SSSR count). The summed E-state index contributed by atoms with van der Waals surface area (Å²) in [4.78, 5) is 0. The molecule has 0 bridgehead atoms. The average Bonchev–Trinajstić information content (AvgIpc) is 2.35. The Bertz CT molecular complexity index is 320. The summed E-state index contributed by atoms with van der Waals surface area (Å²) in [6.45, 7) is 2.32. The summed E-state index contributed by atoms with van der Waals surface area (Å²) in [5.74, 6) is 1.35. The van der Waals surface area contributed by atoms with E-state index in [0.29, 0.717) is 5.92 Å². The molecule has 17 heavy (non-hydrogen) atoms. The van der Waals surface area contributed by atoms with Crippen molar-refractivity contribution in [3.05, 3.63) is 35.9 Å². The topological polar surface area (TPSA) is 20.2 Å². The van der Waals surface area contributed by atoms with E-state index in [4.69, 9.17) is 0 Å². The lowest BCUT2D eigenvalue weighted by Crippen LogP contribution is -2.28. The van der Waals surface area contributed by atoms with E-state index in [1.807, 2.05) is 0 Å². The third-order valence-corrected chi connectivity index (χ3v) is 4.09. The van der Waals surface area contributed by atoms with Crippen LogP contribution in [0.2, 0.25) is 0 Å². The van der Waals surface area contributed by atoms with Gasteiger partial charge in [0.15, 0.2) is 0 Å². The molecule has 0 spiro atoms. The Morgan fingerprint density at radius 2 is 1.94 bits per heavy atom. The molecular weight excluding hydrogens is 208 g/mol. The van der Waals surface area contributed by atoms with E-state index in [1.54, 1.807) is 0 Å². The number of aryl methyl sites for hydroxylation is 1. The lowest BCUT2D eigenvalue weighted by molar-refractivity contribution is 0.0465. The van der Waals surface area contributed by atoms with E-state index < -0.39 is 0 Å². The summed E-state index contributed by atoms with van der Waals surface area (Å²) in [5, 5.41) is 9.98. The highest BCUT2D eigenvalue weighted by atomic mass is 16.3. The van der Waals surface area contributed by atoms with Crippen molar-refractivity contribution in [2.45, 2.75) is 51.6 Å². The van der Waals surface area contributed by atoms with Gasteiger partial charge in [0, 0.05) is 0 Å². The normalized spacial score (nSPS) is 29.2. The number of aliphatic hydroxyl groups is 1. The van der Waals surface area contributed by atoms with Crippen LogP contribution in [0.25, 0.3) is 0 Å². The van der Waals surface area contributed by atoms with Gasteiger partial charge in [-0.1, -0.05) is 37.3 Å². The maximum Gasteiger partial charge on any atom is 0.0568 e. The maximum absolute atomic E-state index is 9.98. The van der Waals surface area contributed by atoms with E-state index in [-0.39, 0.29) is 6.10 Å². The largest absolute Gasteiger partial charge is 0.393 e. The predicted molar refractivity (Wildman–Crippen MR) is 71.9 cm³/mol. The SMILES string of the molecule is CC1CCC(O)C(CCCc2ccccc2)C1. The number of aliphatic hydroxyl groups excluding tert-OH is 1. The van der Waals surface area contributed by atoms with Crippen LogP contribution < -0.4 is 0 Å². The first kappa shape index (κ1) is 12.6.